The van der Waals surface area contributed by atoms with Gasteiger partial charge < -0.3 is 5.11 Å². The molecule has 1 nitrogen and oxygen atoms in total. The standard InChI is InChI=1S/C36H68O/c1-3-5-7-9-10-11-12-13-14-15-16-17-18-19-20-21-22-23-24-25-26-27-28-29-30-31-33-35-36(37)34-32-8-6-4-2/h10-11,13-14,31,33,36-37H,3-9,12,15-30,32,34-35H2,1-2H3/b11-10-,14-13-,33-31-/t36-/m1/s1. The number of hydrogen-bond donors (Lipinski definition) is 1. The van der Waals surface area contributed by atoms with Crippen LogP contribution in [0, 0.1) is 0 Å². The summed E-state index contributed by atoms with van der Waals surface area (Å²) in [6.07, 6.45) is 49.3. The van der Waals surface area contributed by atoms with E-state index in [0.29, 0.717) is 0 Å². The average Bonchev–Trinajstić information content (AvgIpc) is 2.90. The van der Waals surface area contributed by atoms with Gasteiger partial charge in [0.2, 0.25) is 0 Å². The number of hydrogen-bond acceptors (Lipinski definition) is 1. The lowest BCUT2D eigenvalue weighted by Crippen LogP contribution is -2.04. The van der Waals surface area contributed by atoms with Crippen molar-refractivity contribution in [2.45, 2.75) is 193 Å². The van der Waals surface area contributed by atoms with Crippen molar-refractivity contribution in [1.82, 2.24) is 0 Å². The summed E-state index contributed by atoms with van der Waals surface area (Å²) in [5, 5.41) is 9.99. The third-order valence-corrected chi connectivity index (χ3v) is 7.54. The van der Waals surface area contributed by atoms with E-state index in [0.717, 1.165) is 19.3 Å². The van der Waals surface area contributed by atoms with Crippen molar-refractivity contribution < 1.29 is 5.11 Å². The van der Waals surface area contributed by atoms with Crippen LogP contribution in [0.2, 0.25) is 0 Å². The lowest BCUT2D eigenvalue weighted by atomic mass is 10.0. The van der Waals surface area contributed by atoms with Crippen LogP contribution in [0.25, 0.3) is 0 Å². The molecule has 0 rings (SSSR count). The van der Waals surface area contributed by atoms with Crippen molar-refractivity contribution in [2.75, 3.05) is 0 Å². The molecule has 0 bridgehead atoms. The Morgan fingerprint density at radius 2 is 0.757 bits per heavy atom. The second-order valence-corrected chi connectivity index (χ2v) is 11.4. The van der Waals surface area contributed by atoms with Gasteiger partial charge in [-0.3, -0.25) is 0 Å². The van der Waals surface area contributed by atoms with Gasteiger partial charge in [0.05, 0.1) is 6.10 Å². The molecule has 0 aliphatic carbocycles. The Kier molecular flexibility index (Phi) is 32.5. The first-order valence-corrected chi connectivity index (χ1v) is 16.9. The van der Waals surface area contributed by atoms with E-state index in [1.807, 2.05) is 0 Å². The highest BCUT2D eigenvalue weighted by Gasteiger charge is 2.00. The van der Waals surface area contributed by atoms with Crippen LogP contribution >= 0.6 is 0 Å². The molecule has 0 aromatic carbocycles. The highest BCUT2D eigenvalue weighted by atomic mass is 16.3. The molecule has 0 saturated carbocycles. The van der Waals surface area contributed by atoms with Crippen LogP contribution in [0.1, 0.15) is 187 Å². The van der Waals surface area contributed by atoms with Crippen LogP contribution in [-0.2, 0) is 0 Å². The maximum Gasteiger partial charge on any atom is 0.0574 e. The van der Waals surface area contributed by atoms with E-state index in [9.17, 15) is 5.11 Å². The van der Waals surface area contributed by atoms with Gasteiger partial charge in [-0.15, -0.1) is 0 Å². The molecule has 218 valence electrons. The minimum atomic E-state index is -0.122. The highest BCUT2D eigenvalue weighted by Crippen LogP contribution is 2.14. The van der Waals surface area contributed by atoms with Crippen molar-refractivity contribution in [1.29, 1.82) is 0 Å². The summed E-state index contributed by atoms with van der Waals surface area (Å²) in [7, 11) is 0. The van der Waals surface area contributed by atoms with Gasteiger partial charge in [0.15, 0.2) is 0 Å². The van der Waals surface area contributed by atoms with E-state index >= 15 is 0 Å². The molecule has 0 heterocycles. The number of rotatable bonds is 30. The summed E-state index contributed by atoms with van der Waals surface area (Å²) in [4.78, 5) is 0. The molecule has 1 atom stereocenters. The Morgan fingerprint density at radius 1 is 0.405 bits per heavy atom. The molecular weight excluding hydrogens is 448 g/mol. The van der Waals surface area contributed by atoms with E-state index < -0.39 is 0 Å². The molecule has 0 spiro atoms. The fourth-order valence-corrected chi connectivity index (χ4v) is 4.96. The lowest BCUT2D eigenvalue weighted by Gasteiger charge is -2.07. The monoisotopic (exact) mass is 517 g/mol. The first kappa shape index (κ1) is 36.2. The fourth-order valence-electron chi connectivity index (χ4n) is 4.96. The predicted octanol–water partition coefficient (Wildman–Crippen LogP) is 12.6. The minimum Gasteiger partial charge on any atom is -0.393 e. The molecular formula is C36H68O. The van der Waals surface area contributed by atoms with E-state index in [-0.39, 0.29) is 6.10 Å². The van der Waals surface area contributed by atoms with Gasteiger partial charge in [-0.1, -0.05) is 166 Å². The SMILES string of the molecule is CCCCC/C=C\C/C=C\CCCCCCCCCCCCCCCC/C=C\C[C@H](O)CCCCCC. The summed E-state index contributed by atoms with van der Waals surface area (Å²) in [5.74, 6) is 0. The number of allylic oxidation sites excluding steroid dienone is 5. The van der Waals surface area contributed by atoms with E-state index in [1.54, 1.807) is 0 Å². The summed E-state index contributed by atoms with van der Waals surface area (Å²) >= 11 is 0. The zero-order chi connectivity index (χ0) is 26.9. The Bertz CT molecular complexity index is 489. The van der Waals surface area contributed by atoms with Crippen LogP contribution in [-0.4, -0.2) is 11.2 Å². The molecule has 37 heavy (non-hydrogen) atoms. The van der Waals surface area contributed by atoms with E-state index in [1.165, 1.54) is 154 Å². The molecule has 1 heteroatoms. The van der Waals surface area contributed by atoms with Crippen LogP contribution in [0.15, 0.2) is 36.5 Å². The van der Waals surface area contributed by atoms with Gasteiger partial charge in [0.25, 0.3) is 0 Å². The maximum absolute atomic E-state index is 9.99. The second-order valence-electron chi connectivity index (χ2n) is 11.4. The zero-order valence-corrected chi connectivity index (χ0v) is 25.6. The molecule has 0 fully saturated rings. The Labute approximate surface area is 234 Å². The molecule has 0 aromatic rings. The quantitative estimate of drug-likeness (QED) is 0.0743. The maximum atomic E-state index is 9.99. The molecule has 0 amide bonds. The summed E-state index contributed by atoms with van der Waals surface area (Å²) in [6, 6.07) is 0. The molecule has 0 aliphatic heterocycles. The van der Waals surface area contributed by atoms with Gasteiger partial charge >= 0.3 is 0 Å². The van der Waals surface area contributed by atoms with Gasteiger partial charge in [0.1, 0.15) is 0 Å². The van der Waals surface area contributed by atoms with Crippen LogP contribution < -0.4 is 0 Å². The molecule has 0 radical (unpaired) electrons. The molecule has 1 N–H and O–H groups in total. The third-order valence-electron chi connectivity index (χ3n) is 7.54. The summed E-state index contributed by atoms with van der Waals surface area (Å²) in [5.41, 5.74) is 0. The fraction of sp³-hybridized carbons (Fsp3) is 0.833. The predicted molar refractivity (Wildman–Crippen MR) is 169 cm³/mol. The molecule has 0 unspecified atom stereocenters. The summed E-state index contributed by atoms with van der Waals surface area (Å²) in [6.45, 7) is 4.50. The summed E-state index contributed by atoms with van der Waals surface area (Å²) < 4.78 is 0. The van der Waals surface area contributed by atoms with Gasteiger partial charge in [-0.05, 0) is 57.8 Å². The smallest absolute Gasteiger partial charge is 0.0574 e. The van der Waals surface area contributed by atoms with Crippen molar-refractivity contribution >= 4 is 0 Å². The Balaban J connectivity index is 3.19. The first-order chi connectivity index (χ1) is 18.3. The Hall–Kier alpha value is -0.820. The molecule has 0 aliphatic rings. The van der Waals surface area contributed by atoms with Gasteiger partial charge in [-0.2, -0.15) is 0 Å². The Morgan fingerprint density at radius 3 is 1.22 bits per heavy atom. The van der Waals surface area contributed by atoms with Crippen molar-refractivity contribution in [3.05, 3.63) is 36.5 Å². The zero-order valence-electron chi connectivity index (χ0n) is 25.6. The van der Waals surface area contributed by atoms with E-state index in [4.69, 9.17) is 0 Å². The highest BCUT2D eigenvalue weighted by molar-refractivity contribution is 4.92. The van der Waals surface area contributed by atoms with E-state index in [2.05, 4.69) is 50.3 Å². The average molecular weight is 517 g/mol. The molecule has 0 saturated heterocycles. The van der Waals surface area contributed by atoms with Crippen LogP contribution in [0.4, 0.5) is 0 Å². The van der Waals surface area contributed by atoms with Crippen LogP contribution in [0.5, 0.6) is 0 Å². The first-order valence-electron chi connectivity index (χ1n) is 16.9. The second kappa shape index (κ2) is 33.2. The largest absolute Gasteiger partial charge is 0.393 e. The van der Waals surface area contributed by atoms with Gasteiger partial charge in [-0.25, -0.2) is 0 Å². The van der Waals surface area contributed by atoms with Gasteiger partial charge in [0, 0.05) is 0 Å². The number of aliphatic hydroxyl groups excluding tert-OH is 1. The number of unbranched alkanes of at least 4 members (excludes halogenated alkanes) is 21. The minimum absolute atomic E-state index is 0.122. The van der Waals surface area contributed by atoms with Crippen molar-refractivity contribution in [3.8, 4) is 0 Å². The normalized spacial score (nSPS) is 13.1. The molecule has 0 aromatic heterocycles. The van der Waals surface area contributed by atoms with Crippen molar-refractivity contribution in [2.24, 2.45) is 0 Å². The number of aliphatic hydroxyl groups is 1. The van der Waals surface area contributed by atoms with Crippen LogP contribution in [0.3, 0.4) is 0 Å². The third kappa shape index (κ3) is 33.2. The topological polar surface area (TPSA) is 20.2 Å². The van der Waals surface area contributed by atoms with Crippen molar-refractivity contribution in [3.63, 3.8) is 0 Å². The lowest BCUT2D eigenvalue weighted by molar-refractivity contribution is 0.163.